The van der Waals surface area contributed by atoms with E-state index < -0.39 is 5.78 Å². The number of carbonyl (C=O) groups is 1. The molecule has 166 valence electrons. The fourth-order valence-corrected chi connectivity index (χ4v) is 5.27. The van der Waals surface area contributed by atoms with Crippen LogP contribution < -0.4 is 10.7 Å². The highest BCUT2D eigenvalue weighted by Crippen LogP contribution is 2.40. The third-order valence-corrected chi connectivity index (χ3v) is 7.36. The first kappa shape index (κ1) is 22.6. The van der Waals surface area contributed by atoms with Crippen LogP contribution >= 0.6 is 34.5 Å². The second kappa shape index (κ2) is 9.51. The molecule has 0 aliphatic carbocycles. The van der Waals surface area contributed by atoms with Crippen LogP contribution in [0.1, 0.15) is 47.2 Å². The lowest BCUT2D eigenvalue weighted by Gasteiger charge is -2.37. The van der Waals surface area contributed by atoms with Crippen molar-refractivity contribution in [3.8, 4) is 17.3 Å². The van der Waals surface area contributed by atoms with Crippen LogP contribution in [0.5, 0.6) is 0 Å². The SMILES string of the molecule is CCN(c1sc(C(=O)c2cc(-c3ccc(Cl)c(Cl)c3)no2)c(N)c1C#N)N1CCCCC1. The second-order valence-corrected chi connectivity index (χ2v) is 9.21. The van der Waals surface area contributed by atoms with Crippen molar-refractivity contribution in [1.82, 2.24) is 10.2 Å². The number of nitrogen functional groups attached to an aromatic ring is 1. The molecule has 0 bridgehead atoms. The number of nitrogens with two attached hydrogens (primary N) is 1. The summed E-state index contributed by atoms with van der Waals surface area (Å²) in [6.07, 6.45) is 3.39. The number of thiophene rings is 1. The molecule has 1 aromatic carbocycles. The van der Waals surface area contributed by atoms with Crippen LogP contribution in [0.3, 0.4) is 0 Å². The number of ketones is 1. The van der Waals surface area contributed by atoms with Crippen molar-refractivity contribution in [2.45, 2.75) is 26.2 Å². The van der Waals surface area contributed by atoms with Crippen molar-refractivity contribution in [1.29, 1.82) is 5.26 Å². The molecule has 10 heteroatoms. The Balaban J connectivity index is 1.67. The van der Waals surface area contributed by atoms with Crippen molar-refractivity contribution in [3.63, 3.8) is 0 Å². The van der Waals surface area contributed by atoms with Crippen molar-refractivity contribution in [3.05, 3.63) is 50.5 Å². The molecule has 3 aromatic rings. The van der Waals surface area contributed by atoms with Crippen molar-refractivity contribution < 1.29 is 9.32 Å². The lowest BCUT2D eigenvalue weighted by atomic mass is 10.1. The highest BCUT2D eigenvalue weighted by Gasteiger charge is 2.29. The van der Waals surface area contributed by atoms with Gasteiger partial charge in [0.25, 0.3) is 0 Å². The van der Waals surface area contributed by atoms with E-state index >= 15 is 0 Å². The molecule has 1 aliphatic rings. The van der Waals surface area contributed by atoms with Crippen LogP contribution in [0.2, 0.25) is 10.0 Å². The van der Waals surface area contributed by atoms with E-state index in [4.69, 9.17) is 33.5 Å². The van der Waals surface area contributed by atoms with E-state index in [-0.39, 0.29) is 16.3 Å². The van der Waals surface area contributed by atoms with E-state index in [9.17, 15) is 10.1 Å². The zero-order valence-electron chi connectivity index (χ0n) is 17.4. The summed E-state index contributed by atoms with van der Waals surface area (Å²) < 4.78 is 5.31. The van der Waals surface area contributed by atoms with Gasteiger partial charge in [0.2, 0.25) is 11.5 Å². The molecule has 0 unspecified atom stereocenters. The quantitative estimate of drug-likeness (QED) is 0.448. The molecule has 4 rings (SSSR count). The first-order valence-electron chi connectivity index (χ1n) is 10.3. The van der Waals surface area contributed by atoms with Gasteiger partial charge in [0.05, 0.1) is 15.7 Å². The number of piperidine rings is 1. The zero-order chi connectivity index (χ0) is 22.8. The number of hydrogen-bond acceptors (Lipinski definition) is 8. The van der Waals surface area contributed by atoms with Gasteiger partial charge in [0.15, 0.2) is 0 Å². The minimum atomic E-state index is -0.413. The van der Waals surface area contributed by atoms with E-state index in [2.05, 4.69) is 21.2 Å². The van der Waals surface area contributed by atoms with Gasteiger partial charge in [0, 0.05) is 31.3 Å². The number of nitrogens with zero attached hydrogens (tertiary/aromatic N) is 4. The maximum atomic E-state index is 13.2. The third kappa shape index (κ3) is 4.21. The maximum absolute atomic E-state index is 13.2. The van der Waals surface area contributed by atoms with E-state index in [0.29, 0.717) is 38.4 Å². The van der Waals surface area contributed by atoms with Crippen molar-refractivity contribution >= 4 is 51.0 Å². The largest absolute Gasteiger partial charge is 0.396 e. The molecule has 3 heterocycles. The number of carbonyl (C=O) groups excluding carboxylic acids is 1. The fourth-order valence-electron chi connectivity index (χ4n) is 3.77. The topological polar surface area (TPSA) is 99.4 Å². The summed E-state index contributed by atoms with van der Waals surface area (Å²) in [5.41, 5.74) is 7.86. The lowest BCUT2D eigenvalue weighted by molar-refractivity contribution is 0.100. The van der Waals surface area contributed by atoms with Gasteiger partial charge in [-0.15, -0.1) is 11.3 Å². The first-order valence-corrected chi connectivity index (χ1v) is 11.8. The number of aromatic nitrogens is 1. The highest BCUT2D eigenvalue weighted by molar-refractivity contribution is 7.19. The molecule has 0 atom stereocenters. The predicted octanol–water partition coefficient (Wildman–Crippen LogP) is 5.62. The molecule has 0 amide bonds. The van der Waals surface area contributed by atoms with E-state index in [1.54, 1.807) is 18.2 Å². The summed E-state index contributed by atoms with van der Waals surface area (Å²) in [6, 6.07) is 8.76. The molecule has 0 radical (unpaired) electrons. The van der Waals surface area contributed by atoms with Gasteiger partial charge in [-0.3, -0.25) is 9.80 Å². The Morgan fingerprint density at radius 1 is 1.28 bits per heavy atom. The van der Waals surface area contributed by atoms with Crippen molar-refractivity contribution in [2.24, 2.45) is 0 Å². The summed E-state index contributed by atoms with van der Waals surface area (Å²) in [5.74, 6) is -0.375. The fraction of sp³-hybridized carbons (Fsp3) is 0.318. The summed E-state index contributed by atoms with van der Waals surface area (Å²) in [6.45, 7) is 4.52. The maximum Gasteiger partial charge on any atom is 0.243 e. The number of halogens is 2. The van der Waals surface area contributed by atoms with E-state index in [1.807, 2.05) is 6.92 Å². The van der Waals surface area contributed by atoms with Gasteiger partial charge < -0.3 is 10.3 Å². The Hall–Kier alpha value is -2.57. The lowest BCUT2D eigenvalue weighted by Crippen LogP contribution is -2.45. The van der Waals surface area contributed by atoms with Crippen LogP contribution in [-0.4, -0.2) is 35.6 Å². The number of rotatable bonds is 6. The average molecular weight is 490 g/mol. The number of anilines is 2. The third-order valence-electron chi connectivity index (χ3n) is 5.40. The number of hydrogen-bond donors (Lipinski definition) is 1. The molecular weight excluding hydrogens is 469 g/mol. The first-order chi connectivity index (χ1) is 15.4. The summed E-state index contributed by atoms with van der Waals surface area (Å²) >= 11 is 13.3. The van der Waals surface area contributed by atoms with Gasteiger partial charge >= 0.3 is 0 Å². The van der Waals surface area contributed by atoms with Crippen LogP contribution in [-0.2, 0) is 0 Å². The normalized spacial score (nSPS) is 14.3. The molecule has 1 aliphatic heterocycles. The Morgan fingerprint density at radius 2 is 2.03 bits per heavy atom. The Labute approximate surface area is 199 Å². The van der Waals surface area contributed by atoms with Crippen LogP contribution in [0.15, 0.2) is 28.8 Å². The minimum absolute atomic E-state index is 0.0380. The van der Waals surface area contributed by atoms with E-state index in [0.717, 1.165) is 25.9 Å². The van der Waals surface area contributed by atoms with Crippen LogP contribution in [0.4, 0.5) is 10.7 Å². The zero-order valence-corrected chi connectivity index (χ0v) is 19.7. The molecule has 1 saturated heterocycles. The number of benzene rings is 1. The number of hydrazine groups is 1. The molecule has 0 spiro atoms. The minimum Gasteiger partial charge on any atom is -0.396 e. The van der Waals surface area contributed by atoms with Crippen LogP contribution in [0.25, 0.3) is 11.3 Å². The summed E-state index contributed by atoms with van der Waals surface area (Å²) in [4.78, 5) is 13.5. The second-order valence-electron chi connectivity index (χ2n) is 7.40. The smallest absolute Gasteiger partial charge is 0.243 e. The Morgan fingerprint density at radius 3 is 2.69 bits per heavy atom. The molecular formula is C22H21Cl2N5O2S. The van der Waals surface area contributed by atoms with Gasteiger partial charge in [0.1, 0.15) is 27.2 Å². The molecule has 2 aromatic heterocycles. The molecule has 7 nitrogen and oxygen atoms in total. The Kier molecular flexibility index (Phi) is 6.72. The van der Waals surface area contributed by atoms with Crippen LogP contribution in [0, 0.1) is 11.3 Å². The summed E-state index contributed by atoms with van der Waals surface area (Å²) in [7, 11) is 0. The molecule has 1 fully saturated rings. The number of nitriles is 1. The monoisotopic (exact) mass is 489 g/mol. The predicted molar refractivity (Wildman–Crippen MR) is 127 cm³/mol. The molecule has 2 N–H and O–H groups in total. The van der Waals surface area contributed by atoms with Gasteiger partial charge in [-0.1, -0.05) is 40.8 Å². The highest BCUT2D eigenvalue weighted by atomic mass is 35.5. The average Bonchev–Trinajstić information content (AvgIpc) is 3.42. The van der Waals surface area contributed by atoms with Crippen molar-refractivity contribution in [2.75, 3.05) is 30.4 Å². The van der Waals surface area contributed by atoms with E-state index in [1.165, 1.54) is 23.8 Å². The van der Waals surface area contributed by atoms with Gasteiger partial charge in [-0.25, -0.2) is 5.01 Å². The van der Waals surface area contributed by atoms with Gasteiger partial charge in [-0.05, 0) is 31.9 Å². The summed E-state index contributed by atoms with van der Waals surface area (Å²) in [5, 5.41) is 19.5. The molecule has 32 heavy (non-hydrogen) atoms. The Bertz CT molecular complexity index is 1190. The standard InChI is InChI=1S/C22H21Cl2N5O2S/c1-2-29(28-8-4-3-5-9-28)22-14(12-25)19(26)21(32-22)20(30)18-11-17(27-31-18)13-6-7-15(23)16(24)10-13/h6-7,10-11H,2-5,8-9,26H2,1H3. The van der Waals surface area contributed by atoms with Gasteiger partial charge in [-0.2, -0.15) is 5.26 Å². The molecule has 0 saturated carbocycles.